The summed E-state index contributed by atoms with van der Waals surface area (Å²) in [7, 11) is 0. The molecule has 0 saturated heterocycles. The van der Waals surface area contributed by atoms with E-state index in [9.17, 15) is 0 Å². The van der Waals surface area contributed by atoms with Crippen molar-refractivity contribution in [1.29, 1.82) is 0 Å². The zero-order chi connectivity index (χ0) is 16.7. The minimum absolute atomic E-state index is 0.100. The van der Waals surface area contributed by atoms with Gasteiger partial charge in [0.1, 0.15) is 5.82 Å². The van der Waals surface area contributed by atoms with Gasteiger partial charge in [0.05, 0.1) is 5.52 Å². The highest BCUT2D eigenvalue weighted by molar-refractivity contribution is 7.22. The minimum Gasteiger partial charge on any atom is -0.409 e. The van der Waals surface area contributed by atoms with Crippen molar-refractivity contribution in [2.75, 3.05) is 5.73 Å². The second-order valence-corrected chi connectivity index (χ2v) is 6.54. The normalized spacial score (nSPS) is 12.1. The van der Waals surface area contributed by atoms with Crippen LogP contribution in [-0.2, 0) is 0 Å². The molecule has 5 N–H and O–H groups in total. The van der Waals surface area contributed by atoms with Crippen LogP contribution in [0.25, 0.3) is 31.4 Å². The monoisotopic (exact) mass is 334 g/mol. The first-order chi connectivity index (χ1) is 11.7. The van der Waals surface area contributed by atoms with Gasteiger partial charge in [0, 0.05) is 26.1 Å². The number of rotatable bonds is 2. The van der Waals surface area contributed by atoms with E-state index >= 15 is 0 Å². The minimum atomic E-state index is 0.100. The lowest BCUT2D eigenvalue weighted by molar-refractivity contribution is 0.318. The molecule has 0 unspecified atom stereocenters. The Morgan fingerprint density at radius 1 is 1.08 bits per heavy atom. The largest absolute Gasteiger partial charge is 0.409 e. The molecule has 4 rings (SSSR count). The number of hydrogen-bond acceptors (Lipinski definition) is 5. The molecular formula is C18H14N4OS. The maximum absolute atomic E-state index is 8.84. The lowest BCUT2D eigenvalue weighted by Gasteiger charge is -2.05. The quantitative estimate of drug-likeness (QED) is 0.225. The molecule has 2 heterocycles. The summed E-state index contributed by atoms with van der Waals surface area (Å²) < 4.78 is 1.12. The smallest absolute Gasteiger partial charge is 0.170 e. The van der Waals surface area contributed by atoms with Gasteiger partial charge in [0.25, 0.3) is 0 Å². The Balaban J connectivity index is 1.94. The van der Waals surface area contributed by atoms with Crippen molar-refractivity contribution in [3.8, 4) is 10.4 Å². The Morgan fingerprint density at radius 3 is 2.75 bits per heavy atom. The fraction of sp³-hybridized carbons (Fsp3) is 0. The summed E-state index contributed by atoms with van der Waals surface area (Å²) in [5, 5.41) is 14.0. The summed E-state index contributed by atoms with van der Waals surface area (Å²) in [5.74, 6) is 0.599. The molecule has 118 valence electrons. The highest BCUT2D eigenvalue weighted by Gasteiger charge is 2.11. The number of para-hydroxylation sites is 1. The molecule has 4 aromatic rings. The van der Waals surface area contributed by atoms with Crippen LogP contribution in [0.4, 0.5) is 5.82 Å². The van der Waals surface area contributed by atoms with Gasteiger partial charge in [-0.2, -0.15) is 0 Å². The van der Waals surface area contributed by atoms with Gasteiger partial charge < -0.3 is 16.7 Å². The number of aromatic nitrogens is 1. The molecule has 0 amide bonds. The third-order valence-corrected chi connectivity index (χ3v) is 5.07. The van der Waals surface area contributed by atoms with Gasteiger partial charge in [-0.25, -0.2) is 4.98 Å². The maximum atomic E-state index is 8.84. The number of oxime groups is 1. The predicted octanol–water partition coefficient (Wildman–Crippen LogP) is 3.79. The number of anilines is 1. The maximum Gasteiger partial charge on any atom is 0.170 e. The summed E-state index contributed by atoms with van der Waals surface area (Å²) in [4.78, 5) is 5.49. The van der Waals surface area contributed by atoms with Crippen molar-refractivity contribution >= 4 is 44.0 Å². The molecule has 0 aliphatic carbocycles. The second kappa shape index (κ2) is 5.50. The molecule has 0 fully saturated rings. The van der Waals surface area contributed by atoms with E-state index in [1.54, 1.807) is 11.3 Å². The molecule has 0 spiro atoms. The Bertz CT molecular complexity index is 1100. The SMILES string of the molecule is NC(=NO)c1ccc2sc(-c3cc(N)nc4ccccc34)cc2c1. The third-order valence-electron chi connectivity index (χ3n) is 3.92. The zero-order valence-corrected chi connectivity index (χ0v) is 13.4. The number of pyridine rings is 1. The molecule has 0 atom stereocenters. The van der Waals surface area contributed by atoms with Crippen LogP contribution in [0.5, 0.6) is 0 Å². The number of nitrogens with zero attached hydrogens (tertiary/aromatic N) is 2. The van der Waals surface area contributed by atoms with Gasteiger partial charge in [-0.05, 0) is 41.8 Å². The van der Waals surface area contributed by atoms with Crippen molar-refractivity contribution in [3.05, 3.63) is 60.2 Å². The highest BCUT2D eigenvalue weighted by Crippen LogP contribution is 2.37. The standard InChI is InChI=1S/C18H14N4OS/c19-17-9-13(12-3-1-2-4-14(12)21-17)16-8-11-7-10(18(20)22-23)5-6-15(11)24-16/h1-9,23H,(H2,19,21)(H2,20,22). The number of nitrogens with two attached hydrogens (primary N) is 2. The predicted molar refractivity (Wildman–Crippen MR) is 99.5 cm³/mol. The fourth-order valence-corrected chi connectivity index (χ4v) is 3.87. The van der Waals surface area contributed by atoms with Crippen molar-refractivity contribution in [3.63, 3.8) is 0 Å². The highest BCUT2D eigenvalue weighted by atomic mass is 32.1. The fourth-order valence-electron chi connectivity index (χ4n) is 2.79. The van der Waals surface area contributed by atoms with Crippen LogP contribution in [-0.4, -0.2) is 16.0 Å². The van der Waals surface area contributed by atoms with Crippen LogP contribution in [0, 0.1) is 0 Å². The average molecular weight is 334 g/mol. The van der Waals surface area contributed by atoms with Crippen molar-refractivity contribution in [1.82, 2.24) is 4.98 Å². The van der Waals surface area contributed by atoms with E-state index in [2.05, 4.69) is 16.2 Å². The molecule has 0 bridgehead atoms. The Kier molecular flexibility index (Phi) is 3.32. The summed E-state index contributed by atoms with van der Waals surface area (Å²) in [5.41, 5.74) is 14.3. The second-order valence-electron chi connectivity index (χ2n) is 5.46. The molecule has 0 saturated carbocycles. The lowest BCUT2D eigenvalue weighted by Crippen LogP contribution is -2.12. The number of amidine groups is 1. The topological polar surface area (TPSA) is 97.5 Å². The number of hydrogen-bond donors (Lipinski definition) is 3. The van der Waals surface area contributed by atoms with Crippen LogP contribution < -0.4 is 11.5 Å². The van der Waals surface area contributed by atoms with Crippen molar-refractivity contribution < 1.29 is 5.21 Å². The molecule has 6 heteroatoms. The van der Waals surface area contributed by atoms with Gasteiger partial charge in [0.15, 0.2) is 5.84 Å². The van der Waals surface area contributed by atoms with Crippen LogP contribution in [0.2, 0.25) is 0 Å². The summed E-state index contributed by atoms with van der Waals surface area (Å²) >= 11 is 1.68. The first kappa shape index (κ1) is 14.5. The van der Waals surface area contributed by atoms with E-state index in [0.717, 1.165) is 31.4 Å². The molecule has 0 aliphatic heterocycles. The van der Waals surface area contributed by atoms with Crippen LogP contribution in [0.15, 0.2) is 59.8 Å². The molecule has 24 heavy (non-hydrogen) atoms. The summed E-state index contributed by atoms with van der Waals surface area (Å²) in [6, 6.07) is 17.7. The van der Waals surface area contributed by atoms with Crippen molar-refractivity contribution in [2.24, 2.45) is 10.9 Å². The van der Waals surface area contributed by atoms with Crippen LogP contribution in [0.3, 0.4) is 0 Å². The van der Waals surface area contributed by atoms with E-state index in [1.165, 1.54) is 0 Å². The van der Waals surface area contributed by atoms with Gasteiger partial charge in [-0.3, -0.25) is 0 Å². The van der Waals surface area contributed by atoms with E-state index in [4.69, 9.17) is 16.7 Å². The summed E-state index contributed by atoms with van der Waals surface area (Å²) in [6.07, 6.45) is 0. The number of fused-ring (bicyclic) bond motifs is 2. The summed E-state index contributed by atoms with van der Waals surface area (Å²) in [6.45, 7) is 0. The molecule has 0 radical (unpaired) electrons. The molecule has 2 aromatic carbocycles. The average Bonchev–Trinajstić information content (AvgIpc) is 3.03. The van der Waals surface area contributed by atoms with Gasteiger partial charge in [0.2, 0.25) is 0 Å². The number of benzene rings is 2. The third kappa shape index (κ3) is 2.33. The molecular weight excluding hydrogens is 320 g/mol. The Morgan fingerprint density at radius 2 is 1.92 bits per heavy atom. The lowest BCUT2D eigenvalue weighted by atomic mass is 10.1. The molecule has 0 aliphatic rings. The Hall–Kier alpha value is -3.12. The van der Waals surface area contributed by atoms with E-state index in [1.807, 2.05) is 48.5 Å². The molecule has 5 nitrogen and oxygen atoms in total. The zero-order valence-electron chi connectivity index (χ0n) is 12.6. The first-order valence-corrected chi connectivity index (χ1v) is 8.14. The molecule has 2 aromatic heterocycles. The van der Waals surface area contributed by atoms with E-state index < -0.39 is 0 Å². The number of nitrogen functional groups attached to an aromatic ring is 1. The van der Waals surface area contributed by atoms with Crippen molar-refractivity contribution in [2.45, 2.75) is 0 Å². The number of thiophene rings is 1. The van der Waals surface area contributed by atoms with Crippen LogP contribution >= 0.6 is 11.3 Å². The van der Waals surface area contributed by atoms with Gasteiger partial charge >= 0.3 is 0 Å². The van der Waals surface area contributed by atoms with E-state index in [-0.39, 0.29) is 5.84 Å². The van der Waals surface area contributed by atoms with Gasteiger partial charge in [-0.15, -0.1) is 11.3 Å². The first-order valence-electron chi connectivity index (χ1n) is 7.33. The van der Waals surface area contributed by atoms with Gasteiger partial charge in [-0.1, -0.05) is 23.4 Å². The Labute approximate surface area is 141 Å². The van der Waals surface area contributed by atoms with E-state index in [0.29, 0.717) is 11.4 Å². The van der Waals surface area contributed by atoms with Crippen LogP contribution in [0.1, 0.15) is 5.56 Å².